The van der Waals surface area contributed by atoms with Gasteiger partial charge >= 0.3 is 12.0 Å². The van der Waals surface area contributed by atoms with Gasteiger partial charge in [0.15, 0.2) is 6.61 Å². The van der Waals surface area contributed by atoms with E-state index in [1.165, 1.54) is 0 Å². The fourth-order valence-electron chi connectivity index (χ4n) is 1.58. The van der Waals surface area contributed by atoms with Crippen molar-refractivity contribution < 1.29 is 27.1 Å². The molecule has 0 saturated carbocycles. The van der Waals surface area contributed by atoms with Crippen LogP contribution in [-0.4, -0.2) is 18.6 Å². The first-order valence-electron chi connectivity index (χ1n) is 4.67. The number of cyclic esters (lactones) is 1. The Morgan fingerprint density at radius 1 is 1.29 bits per heavy atom. The lowest BCUT2D eigenvalue weighted by Crippen LogP contribution is -2.50. The summed E-state index contributed by atoms with van der Waals surface area (Å²) in [6, 6.07) is 0.671. The van der Waals surface area contributed by atoms with Crippen molar-refractivity contribution in [1.29, 1.82) is 0 Å². The highest BCUT2D eigenvalue weighted by Gasteiger charge is 2.48. The van der Waals surface area contributed by atoms with Crippen LogP contribution in [0, 0.1) is 11.6 Å². The number of alkyl carbamates (subject to hydrolysis) is 1. The molecule has 3 nitrogen and oxygen atoms in total. The molecule has 0 aliphatic carbocycles. The first-order valence-corrected chi connectivity index (χ1v) is 4.67. The Kier molecular flexibility index (Phi) is 2.68. The van der Waals surface area contributed by atoms with Gasteiger partial charge in [0.1, 0.15) is 17.7 Å². The molecule has 1 N–H and O–H groups in total. The summed E-state index contributed by atoms with van der Waals surface area (Å²) in [5.41, 5.74) is -0.867. The molecule has 1 aliphatic rings. The van der Waals surface area contributed by atoms with Crippen LogP contribution < -0.4 is 5.32 Å². The van der Waals surface area contributed by atoms with Crippen molar-refractivity contribution in [3.63, 3.8) is 0 Å². The van der Waals surface area contributed by atoms with Gasteiger partial charge in [0, 0.05) is 0 Å². The summed E-state index contributed by atoms with van der Waals surface area (Å²) >= 11 is 0. The van der Waals surface area contributed by atoms with Crippen LogP contribution in [0.3, 0.4) is 0 Å². The van der Waals surface area contributed by atoms with Crippen LogP contribution >= 0.6 is 0 Å². The zero-order valence-electron chi connectivity index (χ0n) is 8.34. The summed E-state index contributed by atoms with van der Waals surface area (Å²) in [4.78, 5) is 10.8. The number of alkyl halides is 2. The van der Waals surface area contributed by atoms with Crippen LogP contribution in [0.1, 0.15) is 11.6 Å². The fourth-order valence-corrected chi connectivity index (χ4v) is 1.58. The van der Waals surface area contributed by atoms with E-state index in [0.29, 0.717) is 0 Å². The zero-order chi connectivity index (χ0) is 12.6. The van der Waals surface area contributed by atoms with Gasteiger partial charge in [0.05, 0.1) is 5.56 Å². The summed E-state index contributed by atoms with van der Waals surface area (Å²) in [5, 5.41) is 1.71. The minimum absolute atomic E-state index is 0.843. The Balaban J connectivity index is 2.46. The Bertz CT molecular complexity index is 443. The van der Waals surface area contributed by atoms with Gasteiger partial charge in [-0.25, -0.2) is 22.4 Å². The van der Waals surface area contributed by atoms with Gasteiger partial charge in [-0.15, -0.1) is 0 Å². The molecule has 0 spiro atoms. The second kappa shape index (κ2) is 3.90. The lowest BCUT2D eigenvalue weighted by atomic mass is 9.99. The average molecular weight is 249 g/mol. The number of hydrogen-bond donors (Lipinski definition) is 1. The van der Waals surface area contributed by atoms with Crippen LogP contribution in [0.4, 0.5) is 22.4 Å². The van der Waals surface area contributed by atoms with Crippen molar-refractivity contribution in [2.75, 3.05) is 6.61 Å². The summed E-state index contributed by atoms with van der Waals surface area (Å²) in [7, 11) is 0. The van der Waals surface area contributed by atoms with Crippen LogP contribution in [0.15, 0.2) is 18.2 Å². The van der Waals surface area contributed by atoms with E-state index >= 15 is 0 Å². The van der Waals surface area contributed by atoms with E-state index < -0.39 is 41.9 Å². The molecule has 1 aromatic rings. The minimum atomic E-state index is -3.57. The monoisotopic (exact) mass is 249 g/mol. The molecule has 1 fully saturated rings. The van der Waals surface area contributed by atoms with Crippen molar-refractivity contribution in [2.24, 2.45) is 0 Å². The van der Waals surface area contributed by atoms with E-state index in [0.717, 1.165) is 18.2 Å². The SMILES string of the molecule is O=C1N[C@H](c2c(F)cccc2F)C(F)(F)CO1. The molecule has 0 radical (unpaired) electrons. The lowest BCUT2D eigenvalue weighted by molar-refractivity contribution is -0.105. The zero-order valence-corrected chi connectivity index (χ0v) is 8.34. The molecule has 17 heavy (non-hydrogen) atoms. The number of hydrogen-bond acceptors (Lipinski definition) is 2. The third-order valence-electron chi connectivity index (χ3n) is 2.37. The summed E-state index contributed by atoms with van der Waals surface area (Å²) in [5.74, 6) is -5.86. The predicted molar refractivity (Wildman–Crippen MR) is 48.5 cm³/mol. The Hall–Kier alpha value is -1.79. The quantitative estimate of drug-likeness (QED) is 0.776. The van der Waals surface area contributed by atoms with Crippen LogP contribution in [0.2, 0.25) is 0 Å². The number of nitrogens with one attached hydrogen (secondary N) is 1. The van der Waals surface area contributed by atoms with Gasteiger partial charge in [0.25, 0.3) is 0 Å². The molecule has 0 unspecified atom stereocenters. The first-order chi connectivity index (χ1) is 7.92. The number of carbonyl (C=O) groups excluding carboxylic acids is 1. The molecule has 1 aliphatic heterocycles. The van der Waals surface area contributed by atoms with Gasteiger partial charge in [-0.3, -0.25) is 0 Å². The molecule has 1 saturated heterocycles. The van der Waals surface area contributed by atoms with E-state index in [-0.39, 0.29) is 0 Å². The van der Waals surface area contributed by atoms with Crippen molar-refractivity contribution in [3.05, 3.63) is 35.4 Å². The predicted octanol–water partition coefficient (Wildman–Crippen LogP) is 2.38. The van der Waals surface area contributed by atoms with Crippen molar-refractivity contribution in [3.8, 4) is 0 Å². The second-order valence-electron chi connectivity index (χ2n) is 3.55. The van der Waals surface area contributed by atoms with Crippen molar-refractivity contribution >= 4 is 6.09 Å². The first kappa shape index (κ1) is 11.7. The molecule has 92 valence electrons. The largest absolute Gasteiger partial charge is 0.443 e. The fraction of sp³-hybridized carbons (Fsp3) is 0.300. The molecule has 7 heteroatoms. The molecule has 1 heterocycles. The van der Waals surface area contributed by atoms with Crippen LogP contribution in [-0.2, 0) is 4.74 Å². The van der Waals surface area contributed by atoms with Crippen molar-refractivity contribution in [2.45, 2.75) is 12.0 Å². The molecule has 2 rings (SSSR count). The van der Waals surface area contributed by atoms with Gasteiger partial charge in [-0.2, -0.15) is 0 Å². The Labute approximate surface area is 93.4 Å². The smallest absolute Gasteiger partial charge is 0.408 e. The van der Waals surface area contributed by atoms with Crippen LogP contribution in [0.25, 0.3) is 0 Å². The second-order valence-corrected chi connectivity index (χ2v) is 3.55. The maximum absolute atomic E-state index is 13.4. The highest BCUT2D eigenvalue weighted by molar-refractivity contribution is 5.69. The summed E-state index contributed by atoms with van der Waals surface area (Å²) < 4.78 is 57.6. The molecule has 0 bridgehead atoms. The summed E-state index contributed by atoms with van der Waals surface area (Å²) in [6.07, 6.45) is -1.14. The van der Waals surface area contributed by atoms with Gasteiger partial charge < -0.3 is 10.1 Å². The highest BCUT2D eigenvalue weighted by atomic mass is 19.3. The number of ether oxygens (including phenoxy) is 1. The number of halogens is 4. The highest BCUT2D eigenvalue weighted by Crippen LogP contribution is 2.36. The van der Waals surface area contributed by atoms with Gasteiger partial charge in [-0.05, 0) is 12.1 Å². The maximum atomic E-state index is 13.4. The maximum Gasteiger partial charge on any atom is 0.408 e. The number of rotatable bonds is 1. The molecule has 1 aromatic carbocycles. The van der Waals surface area contributed by atoms with E-state index in [1.807, 2.05) is 0 Å². The molecular weight excluding hydrogens is 242 g/mol. The van der Waals surface area contributed by atoms with E-state index in [2.05, 4.69) is 4.74 Å². The molecule has 0 aromatic heterocycles. The average Bonchev–Trinajstić information content (AvgIpc) is 2.23. The van der Waals surface area contributed by atoms with E-state index in [9.17, 15) is 22.4 Å². The molecular formula is C10H7F4NO2. The molecule has 1 atom stereocenters. The molecule has 1 amide bonds. The minimum Gasteiger partial charge on any atom is -0.443 e. The van der Waals surface area contributed by atoms with Crippen molar-refractivity contribution in [1.82, 2.24) is 5.32 Å². The summed E-state index contributed by atoms with van der Waals surface area (Å²) in [6.45, 7) is -1.21. The number of benzene rings is 1. The third kappa shape index (κ3) is 2.04. The van der Waals surface area contributed by atoms with Gasteiger partial charge in [-0.1, -0.05) is 6.07 Å². The topological polar surface area (TPSA) is 38.3 Å². The lowest BCUT2D eigenvalue weighted by Gasteiger charge is -2.32. The van der Waals surface area contributed by atoms with Crippen LogP contribution in [0.5, 0.6) is 0 Å². The number of amides is 1. The number of carbonyl (C=O) groups is 1. The Morgan fingerprint density at radius 3 is 2.47 bits per heavy atom. The van der Waals surface area contributed by atoms with Gasteiger partial charge in [0.2, 0.25) is 0 Å². The van der Waals surface area contributed by atoms with E-state index in [1.54, 1.807) is 5.32 Å². The third-order valence-corrected chi connectivity index (χ3v) is 2.37. The normalized spacial score (nSPS) is 22.8. The van der Waals surface area contributed by atoms with E-state index in [4.69, 9.17) is 0 Å². The Morgan fingerprint density at radius 2 is 1.88 bits per heavy atom. The standard InChI is InChI=1S/C10H7F4NO2/c11-5-2-1-3-6(12)7(5)8-10(13,14)4-17-9(16)15-8/h1-3,8H,4H2,(H,15,16)/t8-/m1/s1.